The third kappa shape index (κ3) is 5.23. The highest BCUT2D eigenvalue weighted by Gasteiger charge is 2.23. The summed E-state index contributed by atoms with van der Waals surface area (Å²) < 4.78 is 29.9. The van der Waals surface area contributed by atoms with Crippen molar-refractivity contribution in [2.45, 2.75) is 19.1 Å². The maximum Gasteiger partial charge on any atom is 0.309 e. The number of hydrogen-bond acceptors (Lipinski definition) is 11. The van der Waals surface area contributed by atoms with Crippen LogP contribution in [-0.4, -0.2) is 81.0 Å². The zero-order valence-corrected chi connectivity index (χ0v) is 23.7. The molecule has 1 unspecified atom stereocenters. The van der Waals surface area contributed by atoms with Gasteiger partial charge in [-0.3, -0.25) is 14.3 Å². The Kier molecular flexibility index (Phi) is 7.55. The summed E-state index contributed by atoms with van der Waals surface area (Å²) in [7, 11) is 0. The maximum absolute atomic E-state index is 14.9. The number of furan rings is 1. The van der Waals surface area contributed by atoms with Crippen molar-refractivity contribution in [3.8, 4) is 17.3 Å². The molecule has 1 aromatic carbocycles. The van der Waals surface area contributed by atoms with E-state index in [1.54, 1.807) is 29.0 Å². The highest BCUT2D eigenvalue weighted by molar-refractivity contribution is 7.17. The quantitative estimate of drug-likeness (QED) is 0.287. The summed E-state index contributed by atoms with van der Waals surface area (Å²) >= 11 is 1.08. The van der Waals surface area contributed by atoms with E-state index >= 15 is 0 Å². The minimum Gasteiger partial charge on any atom is -0.489 e. The summed E-state index contributed by atoms with van der Waals surface area (Å²) in [5.74, 6) is 1.32. The lowest BCUT2D eigenvalue weighted by Gasteiger charge is -2.36. The minimum absolute atomic E-state index is 0. The van der Waals surface area contributed by atoms with Crippen LogP contribution in [0.1, 0.15) is 6.42 Å². The molecule has 216 valence electrons. The van der Waals surface area contributed by atoms with Crippen LogP contribution in [0.15, 0.2) is 45.8 Å². The van der Waals surface area contributed by atoms with E-state index in [1.165, 1.54) is 10.6 Å². The van der Waals surface area contributed by atoms with E-state index in [1.807, 2.05) is 6.07 Å². The van der Waals surface area contributed by atoms with Gasteiger partial charge in [0.15, 0.2) is 17.1 Å². The number of aromatic nitrogens is 5. The molecule has 2 aliphatic heterocycles. The lowest BCUT2D eigenvalue weighted by Crippen LogP contribution is -2.47. The second kappa shape index (κ2) is 11.3. The third-order valence-corrected chi connectivity index (χ3v) is 8.41. The first-order valence-corrected chi connectivity index (χ1v) is 14.1. The van der Waals surface area contributed by atoms with Crippen molar-refractivity contribution in [1.82, 2.24) is 34.4 Å². The Morgan fingerprint density at radius 3 is 2.73 bits per heavy atom. The van der Waals surface area contributed by atoms with Gasteiger partial charge in [-0.1, -0.05) is 11.3 Å². The van der Waals surface area contributed by atoms with Crippen LogP contribution >= 0.6 is 23.7 Å². The standard InChI is InChI=1S/C26H28FN9O3S.ClH/c27-18-14-16(39-17-5-6-29-15-17)3-4-19(18)34-10-7-33(8-11-34)9-12-35-23-21(40-26(35)37)24-30-22(20-2-1-13-38-20)32-36(24)25(28)31-23;/h1-4,13-14,17,29H,5-12,15H2,(H2,28,31);1H. The molecule has 2 fully saturated rings. The van der Waals surface area contributed by atoms with Gasteiger partial charge in [0.2, 0.25) is 11.8 Å². The van der Waals surface area contributed by atoms with Gasteiger partial charge in [0.1, 0.15) is 22.4 Å². The van der Waals surface area contributed by atoms with Gasteiger partial charge in [-0.25, -0.2) is 9.37 Å². The molecule has 0 spiro atoms. The first-order chi connectivity index (χ1) is 19.5. The molecule has 5 aromatic rings. The number of rotatable bonds is 7. The average Bonchev–Trinajstić information content (AvgIpc) is 3.76. The molecule has 0 bridgehead atoms. The summed E-state index contributed by atoms with van der Waals surface area (Å²) in [6.45, 7) is 5.69. The molecule has 0 saturated carbocycles. The predicted octanol–water partition coefficient (Wildman–Crippen LogP) is 2.47. The Balaban J connectivity index is 0.00000302. The molecular formula is C26H29ClFN9O3S. The predicted molar refractivity (Wildman–Crippen MR) is 157 cm³/mol. The number of nitrogen functional groups attached to an aromatic ring is 1. The lowest BCUT2D eigenvalue weighted by atomic mass is 10.2. The van der Waals surface area contributed by atoms with E-state index in [0.29, 0.717) is 65.2 Å². The van der Waals surface area contributed by atoms with Crippen molar-refractivity contribution >= 4 is 51.4 Å². The number of nitrogens with zero attached hydrogens (tertiary/aromatic N) is 7. The van der Waals surface area contributed by atoms with E-state index < -0.39 is 0 Å². The minimum atomic E-state index is -0.271. The highest BCUT2D eigenvalue weighted by Crippen LogP contribution is 2.27. The Bertz CT molecular complexity index is 1720. The zero-order valence-electron chi connectivity index (χ0n) is 22.0. The maximum atomic E-state index is 14.9. The molecular weight excluding hydrogens is 573 g/mol. The number of nitrogens with one attached hydrogen (secondary N) is 1. The molecule has 2 saturated heterocycles. The molecule has 1 atom stereocenters. The summed E-state index contributed by atoms with van der Waals surface area (Å²) in [5, 5.41) is 7.65. The van der Waals surface area contributed by atoms with Gasteiger partial charge in [-0.15, -0.1) is 17.5 Å². The third-order valence-electron chi connectivity index (χ3n) is 7.45. The van der Waals surface area contributed by atoms with Crippen LogP contribution in [0.25, 0.3) is 27.6 Å². The number of hydrogen-bond donors (Lipinski definition) is 2. The second-order valence-electron chi connectivity index (χ2n) is 9.97. The van der Waals surface area contributed by atoms with E-state index in [2.05, 4.69) is 30.2 Å². The van der Waals surface area contributed by atoms with Crippen LogP contribution in [0.2, 0.25) is 0 Å². The fourth-order valence-corrected chi connectivity index (χ4v) is 6.26. The van der Waals surface area contributed by atoms with Gasteiger partial charge < -0.3 is 25.1 Å². The molecule has 0 aliphatic carbocycles. The van der Waals surface area contributed by atoms with Gasteiger partial charge in [0.25, 0.3) is 0 Å². The molecule has 7 rings (SSSR count). The molecule has 6 heterocycles. The van der Waals surface area contributed by atoms with Gasteiger partial charge >= 0.3 is 4.87 Å². The van der Waals surface area contributed by atoms with E-state index in [-0.39, 0.29) is 35.1 Å². The number of anilines is 2. The number of nitrogens with two attached hydrogens (primary N) is 1. The first kappa shape index (κ1) is 27.4. The largest absolute Gasteiger partial charge is 0.489 e. The van der Waals surface area contributed by atoms with Gasteiger partial charge in [-0.2, -0.15) is 9.50 Å². The van der Waals surface area contributed by atoms with Crippen molar-refractivity contribution in [2.75, 3.05) is 56.4 Å². The Morgan fingerprint density at radius 1 is 1.15 bits per heavy atom. The van der Waals surface area contributed by atoms with Crippen LogP contribution in [0.4, 0.5) is 16.0 Å². The Morgan fingerprint density at radius 2 is 2.00 bits per heavy atom. The van der Waals surface area contributed by atoms with Crippen LogP contribution in [0.3, 0.4) is 0 Å². The van der Waals surface area contributed by atoms with Crippen molar-refractivity contribution < 1.29 is 13.5 Å². The van der Waals surface area contributed by atoms with E-state index in [9.17, 15) is 9.18 Å². The topological polar surface area (TPSA) is 132 Å². The Labute approximate surface area is 243 Å². The summed E-state index contributed by atoms with van der Waals surface area (Å²) in [5.41, 5.74) is 7.74. The van der Waals surface area contributed by atoms with E-state index in [0.717, 1.165) is 43.9 Å². The second-order valence-corrected chi connectivity index (χ2v) is 10.9. The van der Waals surface area contributed by atoms with Crippen LogP contribution < -0.4 is 25.6 Å². The summed E-state index contributed by atoms with van der Waals surface area (Å²) in [6.07, 6.45) is 2.57. The van der Waals surface area contributed by atoms with Crippen molar-refractivity contribution in [3.63, 3.8) is 0 Å². The average molecular weight is 602 g/mol. The highest BCUT2D eigenvalue weighted by atomic mass is 35.5. The number of halogens is 2. The molecule has 12 nitrogen and oxygen atoms in total. The normalized spacial score (nSPS) is 17.9. The van der Waals surface area contributed by atoms with Crippen LogP contribution in [0.5, 0.6) is 5.75 Å². The molecule has 15 heteroatoms. The number of piperazine rings is 1. The SMILES string of the molecule is Cl.Nc1nc2c(sc(=O)n2CCN2CCN(c3ccc(OC4CCNC4)cc3F)CC2)c2nc(-c3ccco3)nn12. The number of fused-ring (bicyclic) bond motifs is 3. The Hall–Kier alpha value is -3.72. The smallest absolute Gasteiger partial charge is 0.309 e. The van der Waals surface area contributed by atoms with Gasteiger partial charge in [0.05, 0.1) is 12.0 Å². The number of thiazole rings is 1. The fraction of sp³-hybridized carbons (Fsp3) is 0.385. The van der Waals surface area contributed by atoms with Crippen molar-refractivity contribution in [1.29, 1.82) is 0 Å². The molecule has 0 amide bonds. The summed E-state index contributed by atoms with van der Waals surface area (Å²) in [6, 6.07) is 8.65. The molecule has 2 aliphatic rings. The zero-order chi connectivity index (χ0) is 27.2. The van der Waals surface area contributed by atoms with Crippen molar-refractivity contribution in [3.05, 3.63) is 52.1 Å². The van der Waals surface area contributed by atoms with Crippen LogP contribution in [-0.2, 0) is 6.54 Å². The molecule has 41 heavy (non-hydrogen) atoms. The number of ether oxygens (including phenoxy) is 1. The number of benzene rings is 1. The molecule has 0 radical (unpaired) electrons. The summed E-state index contributed by atoms with van der Waals surface area (Å²) in [4.78, 5) is 26.2. The van der Waals surface area contributed by atoms with Gasteiger partial charge in [-0.05, 0) is 37.2 Å². The lowest BCUT2D eigenvalue weighted by molar-refractivity contribution is 0.222. The van der Waals surface area contributed by atoms with Gasteiger partial charge in [0, 0.05) is 51.9 Å². The van der Waals surface area contributed by atoms with E-state index in [4.69, 9.17) is 14.9 Å². The molecule has 3 N–H and O–H groups in total. The first-order valence-electron chi connectivity index (χ1n) is 13.3. The van der Waals surface area contributed by atoms with Crippen molar-refractivity contribution in [2.24, 2.45) is 0 Å². The molecule has 4 aromatic heterocycles. The van der Waals surface area contributed by atoms with Crippen LogP contribution in [0, 0.1) is 5.82 Å². The fourth-order valence-electron chi connectivity index (χ4n) is 5.33. The monoisotopic (exact) mass is 601 g/mol.